The van der Waals surface area contributed by atoms with Crippen LogP contribution in [0.3, 0.4) is 0 Å². The number of carbonyl (C=O) groups is 2. The summed E-state index contributed by atoms with van der Waals surface area (Å²) in [6.45, 7) is 6.59. The van der Waals surface area contributed by atoms with Crippen molar-refractivity contribution in [3.05, 3.63) is 34.4 Å². The molecule has 6 heteroatoms. The first-order valence-corrected chi connectivity index (χ1v) is 7.26. The highest BCUT2D eigenvalue weighted by Crippen LogP contribution is 2.25. The van der Waals surface area contributed by atoms with Gasteiger partial charge in [0.05, 0.1) is 12.3 Å². The van der Waals surface area contributed by atoms with E-state index in [1.54, 1.807) is 0 Å². The molecule has 1 aromatic carbocycles. The molecular weight excluding hydrogens is 284 g/mol. The fraction of sp³-hybridized carbons (Fsp3) is 0.438. The molecule has 2 aliphatic heterocycles. The fourth-order valence-corrected chi connectivity index (χ4v) is 3.06. The maximum absolute atomic E-state index is 12.3. The van der Waals surface area contributed by atoms with E-state index in [9.17, 15) is 9.59 Å². The number of rotatable bonds is 2. The Morgan fingerprint density at radius 2 is 1.95 bits per heavy atom. The molecule has 0 spiro atoms. The van der Waals surface area contributed by atoms with Crippen LogP contribution in [0.2, 0.25) is 0 Å². The van der Waals surface area contributed by atoms with Crippen LogP contribution in [0.25, 0.3) is 0 Å². The van der Waals surface area contributed by atoms with Gasteiger partial charge in [-0.2, -0.15) is 0 Å². The molecule has 0 aliphatic carbocycles. The van der Waals surface area contributed by atoms with Crippen LogP contribution in [0.5, 0.6) is 0 Å². The van der Waals surface area contributed by atoms with E-state index >= 15 is 0 Å². The van der Waals surface area contributed by atoms with Crippen molar-refractivity contribution >= 4 is 17.7 Å². The van der Waals surface area contributed by atoms with Gasteiger partial charge < -0.3 is 9.57 Å². The number of hydrogen-bond donors (Lipinski definition) is 0. The Balaban J connectivity index is 1.78. The predicted molar refractivity (Wildman–Crippen MR) is 79.7 cm³/mol. The first-order valence-electron chi connectivity index (χ1n) is 7.26. The van der Waals surface area contributed by atoms with E-state index in [-0.39, 0.29) is 19.1 Å². The zero-order valence-electron chi connectivity index (χ0n) is 12.9. The molecule has 0 N–H and O–H groups in total. The van der Waals surface area contributed by atoms with E-state index in [0.717, 1.165) is 27.3 Å². The summed E-state index contributed by atoms with van der Waals surface area (Å²) in [6.07, 6.45) is -0.988. The highest BCUT2D eigenvalue weighted by Gasteiger charge is 2.38. The zero-order chi connectivity index (χ0) is 15.9. The van der Waals surface area contributed by atoms with Gasteiger partial charge in [-0.3, -0.25) is 4.79 Å². The summed E-state index contributed by atoms with van der Waals surface area (Å²) >= 11 is 0. The summed E-state index contributed by atoms with van der Waals surface area (Å²) < 4.78 is 4.78. The van der Waals surface area contributed by atoms with Crippen molar-refractivity contribution in [2.45, 2.75) is 33.3 Å². The standard InChI is InChI=1S/C16H18N2O4/c1-9-6-10(2)14(11(3)7-9)12-8-13(22-17-12)15(19)18-4-5-21-16(18)20/h6-7,13H,4-5,8H2,1-3H3. The third-order valence-corrected chi connectivity index (χ3v) is 3.94. The maximum atomic E-state index is 12.3. The highest BCUT2D eigenvalue weighted by atomic mass is 16.6. The smallest absolute Gasteiger partial charge is 0.416 e. The van der Waals surface area contributed by atoms with E-state index in [1.807, 2.05) is 20.8 Å². The van der Waals surface area contributed by atoms with Crippen LogP contribution < -0.4 is 0 Å². The van der Waals surface area contributed by atoms with Crippen molar-refractivity contribution in [2.24, 2.45) is 5.16 Å². The molecular formula is C16H18N2O4. The van der Waals surface area contributed by atoms with Gasteiger partial charge in [-0.05, 0) is 31.9 Å². The molecule has 1 unspecified atom stereocenters. The second-order valence-electron chi connectivity index (χ2n) is 5.71. The molecule has 2 aliphatic rings. The second kappa shape index (κ2) is 5.44. The molecule has 6 nitrogen and oxygen atoms in total. The molecule has 116 valence electrons. The molecule has 2 heterocycles. The van der Waals surface area contributed by atoms with Crippen molar-refractivity contribution in [1.82, 2.24) is 4.90 Å². The Labute approximate surface area is 128 Å². The lowest BCUT2D eigenvalue weighted by Crippen LogP contribution is -2.39. The molecule has 1 atom stereocenters. The molecule has 1 fully saturated rings. The number of aryl methyl sites for hydroxylation is 3. The summed E-state index contributed by atoms with van der Waals surface area (Å²) in [5, 5.41) is 4.07. The van der Waals surface area contributed by atoms with Gasteiger partial charge in [-0.15, -0.1) is 0 Å². The second-order valence-corrected chi connectivity index (χ2v) is 5.71. The Morgan fingerprint density at radius 3 is 2.55 bits per heavy atom. The first kappa shape index (κ1) is 14.6. The fourth-order valence-electron chi connectivity index (χ4n) is 3.06. The van der Waals surface area contributed by atoms with Gasteiger partial charge in [-0.25, -0.2) is 9.69 Å². The minimum atomic E-state index is -0.749. The lowest BCUT2D eigenvalue weighted by atomic mass is 9.93. The van der Waals surface area contributed by atoms with Crippen molar-refractivity contribution in [3.63, 3.8) is 0 Å². The molecule has 3 rings (SSSR count). The topological polar surface area (TPSA) is 68.2 Å². The van der Waals surface area contributed by atoms with Crippen LogP contribution in [0.4, 0.5) is 4.79 Å². The summed E-state index contributed by atoms with van der Waals surface area (Å²) in [5.74, 6) is -0.385. The lowest BCUT2D eigenvalue weighted by Gasteiger charge is -2.14. The number of nitrogens with zero attached hydrogens (tertiary/aromatic N) is 2. The van der Waals surface area contributed by atoms with E-state index in [4.69, 9.17) is 9.57 Å². The normalized spacial score (nSPS) is 20.7. The number of imide groups is 1. The average Bonchev–Trinajstić information content (AvgIpc) is 3.06. The molecule has 2 amide bonds. The predicted octanol–water partition coefficient (Wildman–Crippen LogP) is 2.08. The molecule has 0 saturated carbocycles. The molecule has 0 aromatic heterocycles. The van der Waals surface area contributed by atoms with Crippen molar-refractivity contribution in [2.75, 3.05) is 13.2 Å². The van der Waals surface area contributed by atoms with Crippen LogP contribution in [0.1, 0.15) is 28.7 Å². The van der Waals surface area contributed by atoms with E-state index in [1.165, 1.54) is 5.56 Å². The van der Waals surface area contributed by atoms with Gasteiger partial charge in [0, 0.05) is 12.0 Å². The van der Waals surface area contributed by atoms with E-state index in [2.05, 4.69) is 17.3 Å². The number of oxime groups is 1. The van der Waals surface area contributed by atoms with E-state index < -0.39 is 12.2 Å². The zero-order valence-corrected chi connectivity index (χ0v) is 12.9. The van der Waals surface area contributed by atoms with Gasteiger partial charge >= 0.3 is 6.09 Å². The van der Waals surface area contributed by atoms with Gasteiger partial charge in [0.1, 0.15) is 6.61 Å². The molecule has 1 aromatic rings. The Morgan fingerprint density at radius 1 is 1.27 bits per heavy atom. The molecule has 0 radical (unpaired) electrons. The summed E-state index contributed by atoms with van der Waals surface area (Å²) in [4.78, 5) is 30.1. The Kier molecular flexibility index (Phi) is 3.60. The monoisotopic (exact) mass is 302 g/mol. The van der Waals surface area contributed by atoms with Gasteiger partial charge in [0.15, 0.2) is 0 Å². The minimum Gasteiger partial charge on any atom is -0.447 e. The number of benzene rings is 1. The maximum Gasteiger partial charge on any atom is 0.416 e. The van der Waals surface area contributed by atoms with Gasteiger partial charge in [-0.1, -0.05) is 22.9 Å². The first-order chi connectivity index (χ1) is 10.5. The van der Waals surface area contributed by atoms with Gasteiger partial charge in [0.2, 0.25) is 6.10 Å². The number of carbonyl (C=O) groups excluding carboxylic acids is 2. The quantitative estimate of drug-likeness (QED) is 0.839. The Hall–Kier alpha value is -2.37. The Bertz CT molecular complexity index is 658. The number of ether oxygens (including phenoxy) is 1. The van der Waals surface area contributed by atoms with Crippen molar-refractivity contribution in [3.8, 4) is 0 Å². The number of cyclic esters (lactones) is 1. The summed E-state index contributed by atoms with van der Waals surface area (Å²) in [7, 11) is 0. The molecule has 1 saturated heterocycles. The van der Waals surface area contributed by atoms with Crippen molar-refractivity contribution in [1.29, 1.82) is 0 Å². The average molecular weight is 302 g/mol. The molecule has 22 heavy (non-hydrogen) atoms. The summed E-state index contributed by atoms with van der Waals surface area (Å²) in [6, 6.07) is 4.16. The third-order valence-electron chi connectivity index (χ3n) is 3.94. The number of hydrogen-bond acceptors (Lipinski definition) is 5. The summed E-state index contributed by atoms with van der Waals surface area (Å²) in [5.41, 5.74) is 5.17. The van der Waals surface area contributed by atoms with E-state index in [0.29, 0.717) is 6.42 Å². The number of amides is 2. The minimum absolute atomic E-state index is 0.237. The van der Waals surface area contributed by atoms with Gasteiger partial charge in [0.25, 0.3) is 5.91 Å². The van der Waals surface area contributed by atoms with Crippen LogP contribution in [-0.4, -0.2) is 41.9 Å². The highest BCUT2D eigenvalue weighted by molar-refractivity contribution is 6.07. The van der Waals surface area contributed by atoms with Crippen LogP contribution in [-0.2, 0) is 14.4 Å². The van der Waals surface area contributed by atoms with Crippen molar-refractivity contribution < 1.29 is 19.2 Å². The van der Waals surface area contributed by atoms with Crippen LogP contribution in [0.15, 0.2) is 17.3 Å². The third kappa shape index (κ3) is 2.45. The van der Waals surface area contributed by atoms with Crippen LogP contribution >= 0.6 is 0 Å². The molecule has 0 bridgehead atoms. The largest absolute Gasteiger partial charge is 0.447 e. The van der Waals surface area contributed by atoms with Crippen LogP contribution in [0, 0.1) is 20.8 Å². The SMILES string of the molecule is Cc1cc(C)c(C2=NOC(C(=O)N3CCOC3=O)C2)c(C)c1. The lowest BCUT2D eigenvalue weighted by molar-refractivity contribution is -0.138.